The summed E-state index contributed by atoms with van der Waals surface area (Å²) in [5.41, 5.74) is 4.94. The quantitative estimate of drug-likeness (QED) is 0.657. The Hall–Kier alpha value is -2.92. The van der Waals surface area contributed by atoms with Crippen molar-refractivity contribution in [2.45, 2.75) is 13.8 Å². The van der Waals surface area contributed by atoms with E-state index in [4.69, 9.17) is 4.74 Å². The summed E-state index contributed by atoms with van der Waals surface area (Å²) in [4.78, 5) is 25.2. The predicted molar refractivity (Wildman–Crippen MR) is 105 cm³/mol. The van der Waals surface area contributed by atoms with Gasteiger partial charge in [-0.2, -0.15) is 0 Å². The van der Waals surface area contributed by atoms with Crippen LogP contribution in [0, 0.1) is 13.8 Å². The number of thiophene rings is 1. The third kappa shape index (κ3) is 3.68. The Labute approximate surface area is 156 Å². The van der Waals surface area contributed by atoms with Gasteiger partial charge < -0.3 is 10.1 Å². The van der Waals surface area contributed by atoms with E-state index in [-0.39, 0.29) is 5.91 Å². The summed E-state index contributed by atoms with van der Waals surface area (Å²) in [5, 5.41) is 4.82. The molecule has 1 heterocycles. The van der Waals surface area contributed by atoms with Crippen molar-refractivity contribution in [3.05, 3.63) is 75.5 Å². The zero-order valence-electron chi connectivity index (χ0n) is 14.8. The number of rotatable bonds is 4. The molecule has 132 valence electrons. The summed E-state index contributed by atoms with van der Waals surface area (Å²) in [5.74, 6) is -0.627. The van der Waals surface area contributed by atoms with E-state index in [0.29, 0.717) is 16.1 Å². The van der Waals surface area contributed by atoms with Crippen LogP contribution in [-0.4, -0.2) is 19.0 Å². The molecule has 0 aliphatic carbocycles. The molecule has 5 heteroatoms. The monoisotopic (exact) mass is 365 g/mol. The first kappa shape index (κ1) is 17.9. The Morgan fingerprint density at radius 2 is 1.73 bits per heavy atom. The number of aryl methyl sites for hydroxylation is 2. The maximum atomic E-state index is 12.8. The first-order valence-electron chi connectivity index (χ1n) is 8.14. The van der Waals surface area contributed by atoms with E-state index in [9.17, 15) is 9.59 Å². The van der Waals surface area contributed by atoms with E-state index < -0.39 is 5.97 Å². The maximum absolute atomic E-state index is 12.8. The van der Waals surface area contributed by atoms with Crippen LogP contribution in [0.4, 0.5) is 5.69 Å². The summed E-state index contributed by atoms with van der Waals surface area (Å²) in [6.45, 7) is 3.91. The average Bonchev–Trinajstić information content (AvgIpc) is 3.13. The fourth-order valence-electron chi connectivity index (χ4n) is 2.63. The molecular weight excluding hydrogens is 346 g/mol. The Kier molecular flexibility index (Phi) is 5.19. The van der Waals surface area contributed by atoms with Crippen molar-refractivity contribution in [3.63, 3.8) is 0 Å². The molecule has 0 aliphatic heterocycles. The summed E-state index contributed by atoms with van der Waals surface area (Å²) in [6, 6.07) is 15.1. The van der Waals surface area contributed by atoms with E-state index in [0.717, 1.165) is 16.7 Å². The standard InChI is InChI=1S/C21H19NO3S/c1-13-4-7-15(8-5-13)17-10-11-26-19(17)20(23)22-18-12-16(21(24)25-3)9-6-14(18)2/h4-12H,1-3H3,(H,22,23). The van der Waals surface area contributed by atoms with E-state index >= 15 is 0 Å². The number of hydrogen-bond acceptors (Lipinski definition) is 4. The molecule has 0 radical (unpaired) electrons. The smallest absolute Gasteiger partial charge is 0.337 e. The summed E-state index contributed by atoms with van der Waals surface area (Å²) >= 11 is 1.39. The zero-order valence-corrected chi connectivity index (χ0v) is 15.6. The van der Waals surface area contributed by atoms with Crippen LogP contribution >= 0.6 is 11.3 Å². The first-order valence-corrected chi connectivity index (χ1v) is 9.02. The first-order chi connectivity index (χ1) is 12.5. The third-order valence-corrected chi connectivity index (χ3v) is 5.05. The van der Waals surface area contributed by atoms with Gasteiger partial charge in [0.15, 0.2) is 0 Å². The van der Waals surface area contributed by atoms with Crippen molar-refractivity contribution in [1.29, 1.82) is 0 Å². The van der Waals surface area contributed by atoms with Crippen LogP contribution in [0.2, 0.25) is 0 Å². The maximum Gasteiger partial charge on any atom is 0.337 e. The molecule has 0 spiro atoms. The zero-order chi connectivity index (χ0) is 18.7. The van der Waals surface area contributed by atoms with E-state index in [1.165, 1.54) is 24.0 Å². The molecule has 2 aromatic carbocycles. The minimum atomic E-state index is -0.433. The van der Waals surface area contributed by atoms with Crippen LogP contribution in [0.3, 0.4) is 0 Å². The van der Waals surface area contributed by atoms with Crippen molar-refractivity contribution >= 4 is 28.9 Å². The van der Waals surface area contributed by atoms with Crippen LogP contribution in [0.15, 0.2) is 53.9 Å². The van der Waals surface area contributed by atoms with Gasteiger partial charge in [-0.1, -0.05) is 35.9 Å². The molecule has 0 aliphatic rings. The van der Waals surface area contributed by atoms with Gasteiger partial charge in [0.1, 0.15) is 0 Å². The number of ether oxygens (including phenoxy) is 1. The summed E-state index contributed by atoms with van der Waals surface area (Å²) in [6.07, 6.45) is 0. The Balaban J connectivity index is 1.89. The molecule has 0 saturated carbocycles. The number of nitrogens with one attached hydrogen (secondary N) is 1. The van der Waals surface area contributed by atoms with Gasteiger partial charge in [0.05, 0.1) is 17.6 Å². The highest BCUT2D eigenvalue weighted by Gasteiger charge is 2.16. The lowest BCUT2D eigenvalue weighted by Gasteiger charge is -2.10. The molecule has 0 atom stereocenters. The average molecular weight is 365 g/mol. The van der Waals surface area contributed by atoms with Gasteiger partial charge in [0.25, 0.3) is 5.91 Å². The lowest BCUT2D eigenvalue weighted by Crippen LogP contribution is -2.13. The number of esters is 1. The van der Waals surface area contributed by atoms with Crippen LogP contribution in [0.1, 0.15) is 31.2 Å². The van der Waals surface area contributed by atoms with Gasteiger partial charge in [-0.25, -0.2) is 4.79 Å². The van der Waals surface area contributed by atoms with Gasteiger partial charge in [0.2, 0.25) is 0 Å². The molecule has 4 nitrogen and oxygen atoms in total. The molecule has 0 bridgehead atoms. The largest absolute Gasteiger partial charge is 0.465 e. The molecule has 0 fully saturated rings. The number of amides is 1. The van der Waals surface area contributed by atoms with Crippen LogP contribution in [0.25, 0.3) is 11.1 Å². The van der Waals surface area contributed by atoms with E-state index in [1.54, 1.807) is 18.2 Å². The summed E-state index contributed by atoms with van der Waals surface area (Å²) in [7, 11) is 1.33. The minimum absolute atomic E-state index is 0.194. The molecule has 1 amide bonds. The normalized spacial score (nSPS) is 10.4. The fraction of sp³-hybridized carbons (Fsp3) is 0.143. The van der Waals surface area contributed by atoms with Gasteiger partial charge >= 0.3 is 5.97 Å². The van der Waals surface area contributed by atoms with E-state index in [1.807, 2.05) is 49.6 Å². The molecular formula is C21H19NO3S. The number of benzene rings is 2. The van der Waals surface area contributed by atoms with Gasteiger partial charge in [0, 0.05) is 11.3 Å². The molecule has 26 heavy (non-hydrogen) atoms. The van der Waals surface area contributed by atoms with Crippen LogP contribution < -0.4 is 5.32 Å². The van der Waals surface area contributed by atoms with Crippen molar-refractivity contribution < 1.29 is 14.3 Å². The number of anilines is 1. The predicted octanol–water partition coefficient (Wildman–Crippen LogP) is 5.07. The van der Waals surface area contributed by atoms with Crippen molar-refractivity contribution in [2.24, 2.45) is 0 Å². The van der Waals surface area contributed by atoms with Gasteiger partial charge in [-0.3, -0.25) is 4.79 Å². The Morgan fingerprint density at radius 3 is 2.42 bits per heavy atom. The van der Waals surface area contributed by atoms with Crippen molar-refractivity contribution in [1.82, 2.24) is 0 Å². The minimum Gasteiger partial charge on any atom is -0.465 e. The van der Waals surface area contributed by atoms with Crippen LogP contribution in [-0.2, 0) is 4.74 Å². The van der Waals surface area contributed by atoms with Gasteiger partial charge in [-0.05, 0) is 48.6 Å². The van der Waals surface area contributed by atoms with Crippen LogP contribution in [0.5, 0.6) is 0 Å². The molecule has 0 unspecified atom stereocenters. The second-order valence-electron chi connectivity index (χ2n) is 6.00. The highest BCUT2D eigenvalue weighted by molar-refractivity contribution is 7.12. The second kappa shape index (κ2) is 7.54. The number of carbonyl (C=O) groups is 2. The topological polar surface area (TPSA) is 55.4 Å². The number of methoxy groups -OCH3 is 1. The number of hydrogen-bond donors (Lipinski definition) is 1. The summed E-state index contributed by atoms with van der Waals surface area (Å²) < 4.78 is 4.75. The lowest BCUT2D eigenvalue weighted by molar-refractivity contribution is 0.0600. The van der Waals surface area contributed by atoms with Crippen molar-refractivity contribution in [3.8, 4) is 11.1 Å². The number of carbonyl (C=O) groups excluding carboxylic acids is 2. The third-order valence-electron chi connectivity index (χ3n) is 4.14. The lowest BCUT2D eigenvalue weighted by atomic mass is 10.0. The molecule has 3 aromatic rings. The Morgan fingerprint density at radius 1 is 1.00 bits per heavy atom. The highest BCUT2D eigenvalue weighted by Crippen LogP contribution is 2.30. The molecule has 1 N–H and O–H groups in total. The molecule has 3 rings (SSSR count). The Bertz CT molecular complexity index is 958. The highest BCUT2D eigenvalue weighted by atomic mass is 32.1. The van der Waals surface area contributed by atoms with E-state index in [2.05, 4.69) is 5.32 Å². The molecule has 1 aromatic heterocycles. The second-order valence-corrected chi connectivity index (χ2v) is 6.92. The van der Waals surface area contributed by atoms with Gasteiger partial charge in [-0.15, -0.1) is 11.3 Å². The van der Waals surface area contributed by atoms with Crippen molar-refractivity contribution in [2.75, 3.05) is 12.4 Å². The molecule has 0 saturated heterocycles. The fourth-order valence-corrected chi connectivity index (χ4v) is 3.44. The SMILES string of the molecule is COC(=O)c1ccc(C)c(NC(=O)c2sccc2-c2ccc(C)cc2)c1.